The summed E-state index contributed by atoms with van der Waals surface area (Å²) in [5.41, 5.74) is 7.90. The van der Waals surface area contributed by atoms with Gasteiger partial charge in [0.1, 0.15) is 11.6 Å². The van der Waals surface area contributed by atoms with Gasteiger partial charge < -0.3 is 21.2 Å². The molecule has 0 spiro atoms. The zero-order valence-corrected chi connectivity index (χ0v) is 8.66. The topological polar surface area (TPSA) is 111 Å². The van der Waals surface area contributed by atoms with Crippen LogP contribution >= 0.6 is 0 Å². The van der Waals surface area contributed by atoms with Gasteiger partial charge in [-0.05, 0) is 6.42 Å². The Hall–Kier alpha value is -1.60. The van der Waals surface area contributed by atoms with Gasteiger partial charge in [0.2, 0.25) is 5.95 Å². The summed E-state index contributed by atoms with van der Waals surface area (Å²) in [4.78, 5) is 7.86. The molecular formula is C8H16N6O. The quantitative estimate of drug-likeness (QED) is 0.293. The van der Waals surface area contributed by atoms with Crippen LogP contribution in [0.3, 0.4) is 0 Å². The number of anilines is 3. The zero-order chi connectivity index (χ0) is 11.1. The van der Waals surface area contributed by atoms with Gasteiger partial charge in [-0.15, -0.1) is 0 Å². The second kappa shape index (κ2) is 5.99. The molecule has 0 radical (unpaired) electrons. The van der Waals surface area contributed by atoms with Gasteiger partial charge in [0.25, 0.3) is 0 Å². The van der Waals surface area contributed by atoms with E-state index in [2.05, 4.69) is 20.7 Å². The van der Waals surface area contributed by atoms with Crippen LogP contribution in [-0.4, -0.2) is 30.2 Å². The lowest BCUT2D eigenvalue weighted by molar-refractivity contribution is 0.198. The highest BCUT2D eigenvalue weighted by molar-refractivity contribution is 5.50. The largest absolute Gasteiger partial charge is 0.385 e. The minimum atomic E-state index is 0.180. The van der Waals surface area contributed by atoms with Crippen LogP contribution in [0, 0.1) is 0 Å². The molecule has 0 unspecified atom stereocenters. The van der Waals surface area contributed by atoms with Crippen LogP contribution in [0.5, 0.6) is 0 Å². The van der Waals surface area contributed by atoms with Crippen molar-refractivity contribution in [3.05, 3.63) is 6.07 Å². The molecule has 0 aliphatic rings. The van der Waals surface area contributed by atoms with Crippen LogP contribution in [0.1, 0.15) is 6.42 Å². The molecule has 7 nitrogen and oxygen atoms in total. The fourth-order valence-corrected chi connectivity index (χ4v) is 1.06. The predicted molar refractivity (Wildman–Crippen MR) is 59.2 cm³/mol. The Balaban J connectivity index is 2.49. The molecule has 15 heavy (non-hydrogen) atoms. The normalized spacial score (nSPS) is 10.0. The third-order valence-corrected chi connectivity index (χ3v) is 1.72. The Kier molecular flexibility index (Phi) is 4.58. The van der Waals surface area contributed by atoms with E-state index in [0.717, 1.165) is 13.0 Å². The van der Waals surface area contributed by atoms with Gasteiger partial charge in [-0.1, -0.05) is 0 Å². The van der Waals surface area contributed by atoms with Gasteiger partial charge >= 0.3 is 0 Å². The van der Waals surface area contributed by atoms with E-state index in [-0.39, 0.29) is 5.95 Å². The number of hydrogen-bond acceptors (Lipinski definition) is 7. The molecule has 84 valence electrons. The second-order valence-electron chi connectivity index (χ2n) is 2.91. The first-order valence-electron chi connectivity index (χ1n) is 4.60. The van der Waals surface area contributed by atoms with Gasteiger partial charge in [-0.3, -0.25) is 0 Å². The second-order valence-corrected chi connectivity index (χ2v) is 2.91. The number of nitrogens with zero attached hydrogens (tertiary/aromatic N) is 2. The Labute approximate surface area is 88.2 Å². The number of hydrogen-bond donors (Lipinski definition) is 4. The van der Waals surface area contributed by atoms with Gasteiger partial charge in [-0.25, -0.2) is 5.84 Å². The van der Waals surface area contributed by atoms with E-state index in [9.17, 15) is 0 Å². The van der Waals surface area contributed by atoms with Crippen molar-refractivity contribution in [2.45, 2.75) is 6.42 Å². The summed E-state index contributed by atoms with van der Waals surface area (Å²) in [6.45, 7) is 1.46. The molecule has 0 bridgehead atoms. The van der Waals surface area contributed by atoms with E-state index in [0.29, 0.717) is 18.2 Å². The lowest BCUT2D eigenvalue weighted by atomic mass is 10.4. The molecule has 0 atom stereocenters. The first-order chi connectivity index (χ1) is 7.26. The molecule has 1 heterocycles. The maximum Gasteiger partial charge on any atom is 0.223 e. The molecule has 1 rings (SSSR count). The fourth-order valence-electron chi connectivity index (χ4n) is 1.06. The number of ether oxygens (including phenoxy) is 1. The molecule has 7 heteroatoms. The summed E-state index contributed by atoms with van der Waals surface area (Å²) < 4.78 is 4.92. The summed E-state index contributed by atoms with van der Waals surface area (Å²) in [7, 11) is 1.67. The summed E-state index contributed by atoms with van der Waals surface area (Å²) in [5.74, 6) is 6.53. The number of nitrogen functional groups attached to an aromatic ring is 2. The van der Waals surface area contributed by atoms with E-state index in [4.69, 9.17) is 16.3 Å². The van der Waals surface area contributed by atoms with Gasteiger partial charge in [0.05, 0.1) is 0 Å². The first kappa shape index (κ1) is 11.5. The Morgan fingerprint density at radius 3 is 2.80 bits per heavy atom. The number of hydrazine groups is 1. The smallest absolute Gasteiger partial charge is 0.223 e. The first-order valence-corrected chi connectivity index (χ1v) is 4.60. The summed E-state index contributed by atoms with van der Waals surface area (Å²) in [5, 5.41) is 3.09. The number of nitrogens with two attached hydrogens (primary N) is 2. The predicted octanol–water partition coefficient (Wildman–Crippen LogP) is -0.207. The third-order valence-electron chi connectivity index (χ3n) is 1.72. The van der Waals surface area contributed by atoms with Crippen molar-refractivity contribution >= 4 is 17.6 Å². The van der Waals surface area contributed by atoms with E-state index < -0.39 is 0 Å². The number of nitrogens with one attached hydrogen (secondary N) is 2. The molecule has 0 saturated carbocycles. The molecule has 0 aliphatic heterocycles. The van der Waals surface area contributed by atoms with Crippen molar-refractivity contribution in [2.75, 3.05) is 36.7 Å². The monoisotopic (exact) mass is 212 g/mol. The summed E-state index contributed by atoms with van der Waals surface area (Å²) >= 11 is 0. The molecule has 0 amide bonds. The minimum absolute atomic E-state index is 0.180. The average Bonchev–Trinajstić information content (AvgIpc) is 2.23. The Bertz CT molecular complexity index is 305. The SMILES string of the molecule is COCCCNc1cc(NN)nc(N)n1. The molecule has 0 fully saturated rings. The van der Waals surface area contributed by atoms with E-state index in [1.807, 2.05) is 0 Å². The summed E-state index contributed by atoms with van der Waals surface area (Å²) in [6, 6.07) is 1.68. The Morgan fingerprint density at radius 1 is 1.40 bits per heavy atom. The van der Waals surface area contributed by atoms with E-state index in [1.54, 1.807) is 13.2 Å². The number of aromatic nitrogens is 2. The van der Waals surface area contributed by atoms with Gasteiger partial charge in [-0.2, -0.15) is 9.97 Å². The molecule has 0 saturated heterocycles. The maximum absolute atomic E-state index is 5.48. The highest BCUT2D eigenvalue weighted by atomic mass is 16.5. The zero-order valence-electron chi connectivity index (χ0n) is 8.66. The summed E-state index contributed by atoms with van der Waals surface area (Å²) in [6.07, 6.45) is 0.895. The van der Waals surface area contributed by atoms with E-state index in [1.165, 1.54) is 0 Å². The van der Waals surface area contributed by atoms with Crippen LogP contribution in [0.25, 0.3) is 0 Å². The van der Waals surface area contributed by atoms with Crippen molar-refractivity contribution in [2.24, 2.45) is 5.84 Å². The van der Waals surface area contributed by atoms with Crippen molar-refractivity contribution < 1.29 is 4.74 Å². The molecule has 1 aromatic rings. The van der Waals surface area contributed by atoms with Crippen molar-refractivity contribution in [3.8, 4) is 0 Å². The maximum atomic E-state index is 5.48. The van der Waals surface area contributed by atoms with Gasteiger partial charge in [0.15, 0.2) is 0 Å². The number of methoxy groups -OCH3 is 1. The fraction of sp³-hybridized carbons (Fsp3) is 0.500. The molecular weight excluding hydrogens is 196 g/mol. The number of rotatable bonds is 6. The lowest BCUT2D eigenvalue weighted by Gasteiger charge is -2.07. The van der Waals surface area contributed by atoms with Crippen molar-refractivity contribution in [1.82, 2.24) is 9.97 Å². The van der Waals surface area contributed by atoms with Crippen LogP contribution in [0.2, 0.25) is 0 Å². The third kappa shape index (κ3) is 3.96. The Morgan fingerprint density at radius 2 is 2.13 bits per heavy atom. The molecule has 6 N–H and O–H groups in total. The van der Waals surface area contributed by atoms with E-state index >= 15 is 0 Å². The lowest BCUT2D eigenvalue weighted by Crippen LogP contribution is -2.12. The molecule has 0 aliphatic carbocycles. The van der Waals surface area contributed by atoms with Crippen LogP contribution < -0.4 is 22.3 Å². The highest BCUT2D eigenvalue weighted by Crippen LogP contribution is 2.10. The molecule has 1 aromatic heterocycles. The van der Waals surface area contributed by atoms with Crippen LogP contribution in [-0.2, 0) is 4.74 Å². The minimum Gasteiger partial charge on any atom is -0.385 e. The van der Waals surface area contributed by atoms with Crippen molar-refractivity contribution in [3.63, 3.8) is 0 Å². The van der Waals surface area contributed by atoms with Crippen LogP contribution in [0.15, 0.2) is 6.07 Å². The standard InChI is InChI=1S/C8H16N6O/c1-15-4-2-3-11-6-5-7(14-10)13-8(9)12-6/h5H,2-4,10H2,1H3,(H4,9,11,12,13,14). The highest BCUT2D eigenvalue weighted by Gasteiger charge is 2.00. The van der Waals surface area contributed by atoms with Gasteiger partial charge in [0, 0.05) is 26.3 Å². The molecule has 0 aromatic carbocycles. The van der Waals surface area contributed by atoms with Crippen LogP contribution in [0.4, 0.5) is 17.6 Å². The average molecular weight is 212 g/mol. The van der Waals surface area contributed by atoms with Crippen molar-refractivity contribution in [1.29, 1.82) is 0 Å².